The summed E-state index contributed by atoms with van der Waals surface area (Å²) in [6.45, 7) is 1.87. The minimum absolute atomic E-state index is 0.0848. The molecule has 2 saturated carbocycles. The van der Waals surface area contributed by atoms with E-state index in [-0.39, 0.29) is 5.91 Å². The Hall–Kier alpha value is -2.10. The lowest BCUT2D eigenvalue weighted by Crippen LogP contribution is -2.13. The van der Waals surface area contributed by atoms with Gasteiger partial charge in [0.1, 0.15) is 11.4 Å². The molecule has 1 aromatic carbocycles. The first-order valence-corrected chi connectivity index (χ1v) is 9.10. The second-order valence-electron chi connectivity index (χ2n) is 7.19. The molecule has 0 atom stereocenters. The van der Waals surface area contributed by atoms with Crippen LogP contribution >= 0.6 is 0 Å². The molecule has 1 amide bonds. The van der Waals surface area contributed by atoms with Crippen molar-refractivity contribution in [2.24, 2.45) is 0 Å². The molecule has 2 aliphatic carbocycles. The van der Waals surface area contributed by atoms with Crippen LogP contribution in [0.15, 0.2) is 28.8 Å². The maximum absolute atomic E-state index is 12.6. The molecular weight excluding hydrogens is 300 g/mol. The number of hydrogen-bond acceptors (Lipinski definition) is 3. The monoisotopic (exact) mass is 324 g/mol. The molecule has 1 aromatic heterocycles. The van der Waals surface area contributed by atoms with Crippen molar-refractivity contribution in [2.75, 3.05) is 5.32 Å². The Morgan fingerprint density at radius 2 is 1.75 bits per heavy atom. The molecule has 1 N–H and O–H groups in total. The number of nitrogens with one attached hydrogen (secondary N) is 1. The average Bonchev–Trinajstić information content (AvgIpc) is 3.41. The standard InChI is InChI=1S/C20H24N2O2/c1-13-18(19(24-22-13)16-9-10-16)21-20(23)17-11-7-15(8-12-17)14-5-3-2-4-6-14/h7-8,11-12,14,16H,2-6,9-10H2,1H3,(H,21,23). The van der Waals surface area contributed by atoms with Gasteiger partial charge in [-0.25, -0.2) is 0 Å². The summed E-state index contributed by atoms with van der Waals surface area (Å²) in [6.07, 6.45) is 8.79. The minimum Gasteiger partial charge on any atom is -0.359 e. The van der Waals surface area contributed by atoms with Crippen LogP contribution < -0.4 is 5.32 Å². The van der Waals surface area contributed by atoms with Crippen molar-refractivity contribution in [2.45, 2.75) is 63.7 Å². The van der Waals surface area contributed by atoms with Crippen molar-refractivity contribution in [3.8, 4) is 0 Å². The molecule has 126 valence electrons. The van der Waals surface area contributed by atoms with Crippen LogP contribution in [0.1, 0.15) is 84.2 Å². The molecule has 0 bridgehead atoms. The fourth-order valence-corrected chi connectivity index (χ4v) is 3.69. The van der Waals surface area contributed by atoms with Gasteiger partial charge < -0.3 is 9.84 Å². The van der Waals surface area contributed by atoms with Crippen molar-refractivity contribution in [1.82, 2.24) is 5.16 Å². The average molecular weight is 324 g/mol. The number of anilines is 1. The number of rotatable bonds is 4. The molecule has 0 spiro atoms. The number of amides is 1. The predicted molar refractivity (Wildman–Crippen MR) is 93.4 cm³/mol. The van der Waals surface area contributed by atoms with E-state index < -0.39 is 0 Å². The lowest BCUT2D eigenvalue weighted by atomic mass is 9.84. The first-order valence-electron chi connectivity index (χ1n) is 9.10. The lowest BCUT2D eigenvalue weighted by Gasteiger charge is -2.22. The van der Waals surface area contributed by atoms with Crippen LogP contribution in [-0.2, 0) is 0 Å². The summed E-state index contributed by atoms with van der Waals surface area (Å²) in [7, 11) is 0. The Kier molecular flexibility index (Phi) is 4.13. The highest BCUT2D eigenvalue weighted by Gasteiger charge is 2.32. The van der Waals surface area contributed by atoms with Gasteiger partial charge >= 0.3 is 0 Å². The van der Waals surface area contributed by atoms with E-state index in [4.69, 9.17) is 4.52 Å². The number of aryl methyl sites for hydroxylation is 1. The quantitative estimate of drug-likeness (QED) is 0.845. The molecule has 2 aliphatic rings. The Balaban J connectivity index is 1.47. The summed E-state index contributed by atoms with van der Waals surface area (Å²) in [5.74, 6) is 1.84. The smallest absolute Gasteiger partial charge is 0.255 e. The summed E-state index contributed by atoms with van der Waals surface area (Å²) < 4.78 is 5.39. The van der Waals surface area contributed by atoms with Crippen molar-refractivity contribution >= 4 is 11.6 Å². The summed E-state index contributed by atoms with van der Waals surface area (Å²) in [5.41, 5.74) is 3.57. The molecule has 2 aromatic rings. The summed E-state index contributed by atoms with van der Waals surface area (Å²) >= 11 is 0. The van der Waals surface area contributed by atoms with Gasteiger partial charge in [-0.2, -0.15) is 0 Å². The fourth-order valence-electron chi connectivity index (χ4n) is 3.69. The van der Waals surface area contributed by atoms with Gasteiger partial charge in [0.05, 0.1) is 0 Å². The van der Waals surface area contributed by atoms with Crippen molar-refractivity contribution < 1.29 is 9.32 Å². The van der Waals surface area contributed by atoms with Crippen LogP contribution in [0.25, 0.3) is 0 Å². The van der Waals surface area contributed by atoms with E-state index in [9.17, 15) is 4.79 Å². The maximum Gasteiger partial charge on any atom is 0.255 e. The van der Waals surface area contributed by atoms with Crippen LogP contribution in [-0.4, -0.2) is 11.1 Å². The van der Waals surface area contributed by atoms with Crippen molar-refractivity contribution in [1.29, 1.82) is 0 Å². The third-order valence-electron chi connectivity index (χ3n) is 5.33. The van der Waals surface area contributed by atoms with Crippen LogP contribution in [0.2, 0.25) is 0 Å². The fraction of sp³-hybridized carbons (Fsp3) is 0.500. The van der Waals surface area contributed by atoms with Gasteiger partial charge in [0.15, 0.2) is 5.76 Å². The largest absolute Gasteiger partial charge is 0.359 e. The van der Waals surface area contributed by atoms with Gasteiger partial charge in [-0.15, -0.1) is 0 Å². The second kappa shape index (κ2) is 6.42. The van der Waals surface area contributed by atoms with Crippen LogP contribution in [0.3, 0.4) is 0 Å². The number of benzene rings is 1. The van der Waals surface area contributed by atoms with E-state index in [1.54, 1.807) is 0 Å². The molecule has 0 saturated heterocycles. The molecular formula is C20H24N2O2. The van der Waals surface area contributed by atoms with Gasteiger partial charge in [0.25, 0.3) is 5.91 Å². The molecule has 0 unspecified atom stereocenters. The molecule has 0 radical (unpaired) electrons. The lowest BCUT2D eigenvalue weighted by molar-refractivity contribution is 0.102. The number of nitrogens with zero attached hydrogens (tertiary/aromatic N) is 1. The van der Waals surface area contributed by atoms with Gasteiger partial charge in [0.2, 0.25) is 0 Å². The second-order valence-corrected chi connectivity index (χ2v) is 7.19. The van der Waals surface area contributed by atoms with Gasteiger partial charge in [-0.3, -0.25) is 4.79 Å². The first-order chi connectivity index (χ1) is 11.7. The van der Waals surface area contributed by atoms with E-state index in [2.05, 4.69) is 22.6 Å². The third kappa shape index (κ3) is 3.10. The zero-order valence-electron chi connectivity index (χ0n) is 14.2. The van der Waals surface area contributed by atoms with E-state index in [0.29, 0.717) is 17.4 Å². The molecule has 2 fully saturated rings. The molecule has 1 heterocycles. The zero-order valence-corrected chi connectivity index (χ0v) is 14.2. The van der Waals surface area contributed by atoms with E-state index in [1.165, 1.54) is 37.7 Å². The molecule has 24 heavy (non-hydrogen) atoms. The van der Waals surface area contributed by atoms with Gasteiger partial charge in [0, 0.05) is 11.5 Å². The topological polar surface area (TPSA) is 55.1 Å². The third-order valence-corrected chi connectivity index (χ3v) is 5.33. The highest BCUT2D eigenvalue weighted by atomic mass is 16.5. The Labute approximate surface area is 142 Å². The van der Waals surface area contributed by atoms with E-state index in [0.717, 1.165) is 30.0 Å². The number of aromatic nitrogens is 1. The number of carbonyl (C=O) groups is 1. The number of carbonyl (C=O) groups excluding carboxylic acids is 1. The van der Waals surface area contributed by atoms with Crippen LogP contribution in [0.4, 0.5) is 5.69 Å². The zero-order chi connectivity index (χ0) is 16.5. The molecule has 0 aliphatic heterocycles. The van der Waals surface area contributed by atoms with Crippen molar-refractivity contribution in [3.05, 3.63) is 46.8 Å². The summed E-state index contributed by atoms with van der Waals surface area (Å²) in [4.78, 5) is 12.6. The van der Waals surface area contributed by atoms with Crippen molar-refractivity contribution in [3.63, 3.8) is 0 Å². The molecule has 4 heteroatoms. The van der Waals surface area contributed by atoms with E-state index in [1.807, 2.05) is 19.1 Å². The predicted octanol–water partition coefficient (Wildman–Crippen LogP) is 5.16. The Morgan fingerprint density at radius 1 is 1.04 bits per heavy atom. The summed E-state index contributed by atoms with van der Waals surface area (Å²) in [6, 6.07) is 8.12. The highest BCUT2D eigenvalue weighted by Crippen LogP contribution is 2.44. The maximum atomic E-state index is 12.6. The SMILES string of the molecule is Cc1noc(C2CC2)c1NC(=O)c1ccc(C2CCCCC2)cc1. The van der Waals surface area contributed by atoms with Crippen LogP contribution in [0.5, 0.6) is 0 Å². The molecule has 4 rings (SSSR count). The summed E-state index contributed by atoms with van der Waals surface area (Å²) in [5, 5.41) is 7.01. The van der Waals surface area contributed by atoms with Gasteiger partial charge in [-0.05, 0) is 56.2 Å². The van der Waals surface area contributed by atoms with E-state index >= 15 is 0 Å². The first kappa shape index (κ1) is 15.4. The molecule has 4 nitrogen and oxygen atoms in total. The van der Waals surface area contributed by atoms with Gasteiger partial charge in [-0.1, -0.05) is 36.6 Å². The van der Waals surface area contributed by atoms with Crippen LogP contribution in [0, 0.1) is 6.92 Å². The number of hydrogen-bond donors (Lipinski definition) is 1. The normalized spacial score (nSPS) is 18.5. The minimum atomic E-state index is -0.0848. The Morgan fingerprint density at radius 3 is 2.42 bits per heavy atom. The Bertz CT molecular complexity index is 723. The highest BCUT2D eigenvalue weighted by molar-refractivity contribution is 6.04.